The minimum atomic E-state index is -0.613. The van der Waals surface area contributed by atoms with E-state index in [0.29, 0.717) is 6.42 Å². The van der Waals surface area contributed by atoms with Crippen LogP contribution in [0.2, 0.25) is 0 Å². The maximum absolute atomic E-state index is 12.4. The lowest BCUT2D eigenvalue weighted by Crippen LogP contribution is -2.61. The summed E-state index contributed by atoms with van der Waals surface area (Å²) in [6.07, 6.45) is -0.0581. The van der Waals surface area contributed by atoms with Crippen LogP contribution in [0.25, 0.3) is 0 Å². The summed E-state index contributed by atoms with van der Waals surface area (Å²) >= 11 is 0. The second-order valence-electron chi connectivity index (χ2n) is 5.71. The van der Waals surface area contributed by atoms with E-state index in [1.807, 2.05) is 13.8 Å². The highest BCUT2D eigenvalue weighted by molar-refractivity contribution is 6.01. The highest BCUT2D eigenvalue weighted by atomic mass is 16.6. The molecule has 0 radical (unpaired) electrons. The molecule has 1 aliphatic carbocycles. The van der Waals surface area contributed by atoms with Gasteiger partial charge in [-0.3, -0.25) is 14.9 Å². The fourth-order valence-corrected chi connectivity index (χ4v) is 2.45. The van der Waals surface area contributed by atoms with E-state index in [0.717, 1.165) is 0 Å². The summed E-state index contributed by atoms with van der Waals surface area (Å²) in [4.78, 5) is 22.8. The molecule has 1 saturated carbocycles. The van der Waals surface area contributed by atoms with Crippen LogP contribution in [0.1, 0.15) is 30.6 Å². The van der Waals surface area contributed by atoms with Crippen molar-refractivity contribution in [3.05, 3.63) is 33.9 Å². The number of hydrogen-bond acceptors (Lipinski definition) is 5. The van der Waals surface area contributed by atoms with Crippen LogP contribution in [0.15, 0.2) is 18.2 Å². The number of hydrogen-bond donors (Lipinski definition) is 2. The van der Waals surface area contributed by atoms with Gasteiger partial charge in [-0.15, -0.1) is 0 Å². The fourth-order valence-electron chi connectivity index (χ4n) is 2.45. The minimum Gasteiger partial charge on any atom is -0.496 e. The van der Waals surface area contributed by atoms with E-state index in [4.69, 9.17) is 4.74 Å². The average molecular weight is 294 g/mol. The molecule has 114 valence electrons. The van der Waals surface area contributed by atoms with Crippen molar-refractivity contribution in [2.75, 3.05) is 7.11 Å². The van der Waals surface area contributed by atoms with Crippen molar-refractivity contribution in [1.82, 2.24) is 5.32 Å². The van der Waals surface area contributed by atoms with E-state index in [1.54, 1.807) is 0 Å². The van der Waals surface area contributed by atoms with Crippen molar-refractivity contribution in [2.45, 2.75) is 32.4 Å². The van der Waals surface area contributed by atoms with E-state index in [2.05, 4.69) is 5.32 Å². The largest absolute Gasteiger partial charge is 0.496 e. The number of carbonyl (C=O) groups is 1. The molecule has 1 aliphatic rings. The number of methoxy groups -OCH3 is 1. The summed E-state index contributed by atoms with van der Waals surface area (Å²) < 4.78 is 5.05. The first-order valence-electron chi connectivity index (χ1n) is 6.59. The molecule has 0 heterocycles. The number of benzene rings is 1. The van der Waals surface area contributed by atoms with Crippen LogP contribution in [-0.4, -0.2) is 35.2 Å². The summed E-state index contributed by atoms with van der Waals surface area (Å²) in [7, 11) is 1.35. The summed E-state index contributed by atoms with van der Waals surface area (Å²) in [6.45, 7) is 3.67. The van der Waals surface area contributed by atoms with Gasteiger partial charge >= 0.3 is 0 Å². The number of nitro groups is 1. The van der Waals surface area contributed by atoms with Gasteiger partial charge in [0.15, 0.2) is 5.56 Å². The third-order valence-corrected chi connectivity index (χ3v) is 4.17. The number of carbonyl (C=O) groups excluding carboxylic acids is 1. The number of ether oxygens (including phenoxy) is 1. The predicted octanol–water partition coefficient (Wildman–Crippen LogP) is 1.49. The molecular weight excluding hydrogens is 276 g/mol. The predicted molar refractivity (Wildman–Crippen MR) is 75.3 cm³/mol. The van der Waals surface area contributed by atoms with Gasteiger partial charge in [0.1, 0.15) is 5.75 Å². The Morgan fingerprint density at radius 3 is 2.67 bits per heavy atom. The Kier molecular flexibility index (Phi) is 3.87. The van der Waals surface area contributed by atoms with Gasteiger partial charge in [-0.05, 0) is 12.5 Å². The first-order valence-corrected chi connectivity index (χ1v) is 6.59. The van der Waals surface area contributed by atoms with Crippen LogP contribution >= 0.6 is 0 Å². The third kappa shape index (κ3) is 2.56. The first kappa shape index (κ1) is 15.2. The molecule has 0 spiro atoms. The Labute approximate surface area is 122 Å². The number of nitrogens with one attached hydrogen (secondary N) is 1. The number of rotatable bonds is 4. The van der Waals surface area contributed by atoms with Crippen molar-refractivity contribution in [3.8, 4) is 5.75 Å². The highest BCUT2D eigenvalue weighted by Crippen LogP contribution is 2.41. The van der Waals surface area contributed by atoms with Crippen LogP contribution in [0, 0.1) is 15.5 Å². The summed E-state index contributed by atoms with van der Waals surface area (Å²) in [6, 6.07) is 4.00. The van der Waals surface area contributed by atoms with E-state index in [9.17, 15) is 20.0 Å². The summed E-state index contributed by atoms with van der Waals surface area (Å²) in [5.41, 5.74) is -0.848. The SMILES string of the molecule is COc1cccc([N+](=O)[O-])c1C(=O)NC1CC(O)C1(C)C. The third-order valence-electron chi connectivity index (χ3n) is 4.17. The van der Waals surface area contributed by atoms with Crippen LogP contribution < -0.4 is 10.1 Å². The molecule has 2 N–H and O–H groups in total. The first-order chi connectivity index (χ1) is 9.78. The van der Waals surface area contributed by atoms with Crippen molar-refractivity contribution in [3.63, 3.8) is 0 Å². The molecule has 21 heavy (non-hydrogen) atoms. The van der Waals surface area contributed by atoms with Crippen molar-refractivity contribution < 1.29 is 19.6 Å². The smallest absolute Gasteiger partial charge is 0.285 e. The average Bonchev–Trinajstić information content (AvgIpc) is 2.45. The molecule has 0 saturated heterocycles. The molecule has 1 aromatic rings. The van der Waals surface area contributed by atoms with Gasteiger partial charge in [-0.25, -0.2) is 0 Å². The van der Waals surface area contributed by atoms with Crippen molar-refractivity contribution >= 4 is 11.6 Å². The molecule has 0 aromatic heterocycles. The molecule has 1 amide bonds. The van der Waals surface area contributed by atoms with Crippen molar-refractivity contribution in [2.24, 2.45) is 5.41 Å². The van der Waals surface area contributed by atoms with Crippen LogP contribution in [0.4, 0.5) is 5.69 Å². The number of nitrogens with zero attached hydrogens (tertiary/aromatic N) is 1. The quantitative estimate of drug-likeness (QED) is 0.647. The second kappa shape index (κ2) is 5.33. The van der Waals surface area contributed by atoms with Gasteiger partial charge in [0.05, 0.1) is 18.1 Å². The van der Waals surface area contributed by atoms with Gasteiger partial charge in [-0.2, -0.15) is 0 Å². The molecule has 2 unspecified atom stereocenters. The van der Waals surface area contributed by atoms with Crippen LogP contribution in [0.3, 0.4) is 0 Å². The molecule has 0 aliphatic heterocycles. The Balaban J connectivity index is 2.29. The van der Waals surface area contributed by atoms with E-state index in [1.165, 1.54) is 25.3 Å². The molecule has 2 rings (SSSR count). The lowest BCUT2D eigenvalue weighted by Gasteiger charge is -2.49. The molecule has 0 bridgehead atoms. The molecule has 7 heteroatoms. The Bertz CT molecular complexity index is 585. The van der Waals surface area contributed by atoms with Crippen molar-refractivity contribution in [1.29, 1.82) is 0 Å². The maximum Gasteiger partial charge on any atom is 0.285 e. The number of aliphatic hydroxyl groups is 1. The lowest BCUT2D eigenvalue weighted by molar-refractivity contribution is -0.385. The fraction of sp³-hybridized carbons (Fsp3) is 0.500. The topological polar surface area (TPSA) is 102 Å². The highest BCUT2D eigenvalue weighted by Gasteiger charge is 2.48. The maximum atomic E-state index is 12.4. The lowest BCUT2D eigenvalue weighted by atomic mass is 9.64. The Hall–Kier alpha value is -2.15. The van der Waals surface area contributed by atoms with Gasteiger partial charge in [0.25, 0.3) is 11.6 Å². The van der Waals surface area contributed by atoms with E-state index >= 15 is 0 Å². The molecule has 1 aromatic carbocycles. The van der Waals surface area contributed by atoms with Gasteiger partial charge in [0, 0.05) is 17.5 Å². The van der Waals surface area contributed by atoms with Gasteiger partial charge in [0.2, 0.25) is 0 Å². The normalized spacial score (nSPS) is 23.0. The molecule has 1 fully saturated rings. The monoisotopic (exact) mass is 294 g/mol. The molecule has 2 atom stereocenters. The number of nitro benzene ring substituents is 1. The van der Waals surface area contributed by atoms with E-state index in [-0.39, 0.29) is 23.0 Å². The summed E-state index contributed by atoms with van der Waals surface area (Å²) in [5.74, 6) is -0.413. The number of amides is 1. The molecule has 7 nitrogen and oxygen atoms in total. The summed E-state index contributed by atoms with van der Waals surface area (Å²) in [5, 5.41) is 23.5. The minimum absolute atomic E-state index is 0.0952. The Morgan fingerprint density at radius 1 is 1.52 bits per heavy atom. The van der Waals surface area contributed by atoms with Crippen LogP contribution in [-0.2, 0) is 0 Å². The second-order valence-corrected chi connectivity index (χ2v) is 5.71. The standard InChI is InChI=1S/C14H18N2O5/c1-14(2)10(7-11(14)17)15-13(18)12-8(16(19)20)5-4-6-9(12)21-3/h4-6,10-11,17H,7H2,1-3H3,(H,15,18). The number of aliphatic hydroxyl groups excluding tert-OH is 1. The zero-order chi connectivity index (χ0) is 15.8. The van der Waals surface area contributed by atoms with Crippen LogP contribution in [0.5, 0.6) is 5.75 Å². The zero-order valence-corrected chi connectivity index (χ0v) is 12.1. The van der Waals surface area contributed by atoms with Gasteiger partial charge in [-0.1, -0.05) is 19.9 Å². The van der Waals surface area contributed by atoms with E-state index < -0.39 is 22.3 Å². The Morgan fingerprint density at radius 2 is 2.19 bits per heavy atom. The molecular formula is C14H18N2O5. The van der Waals surface area contributed by atoms with Gasteiger partial charge < -0.3 is 15.2 Å². The zero-order valence-electron chi connectivity index (χ0n) is 12.1.